The zero-order valence-electron chi connectivity index (χ0n) is 7.57. The van der Waals surface area contributed by atoms with Crippen LogP contribution < -0.4 is 10.4 Å². The minimum Gasteiger partial charge on any atom is -0.545 e. The molecule has 0 atom stereocenters. The molecule has 1 rings (SSSR count). The summed E-state index contributed by atoms with van der Waals surface area (Å²) < 4.78 is 0. The van der Waals surface area contributed by atoms with E-state index in [0.717, 1.165) is 6.08 Å². The molecule has 5 heteroatoms. The fourth-order valence-electron chi connectivity index (χ4n) is 0.881. The number of carbonyl (C=O) groups excluding carboxylic acids is 2. The van der Waals surface area contributed by atoms with Gasteiger partial charge in [-0.25, -0.2) is 0 Å². The molecule has 0 aliphatic heterocycles. The Morgan fingerprint density at radius 3 is 2.53 bits per heavy atom. The number of anilines is 1. The van der Waals surface area contributed by atoms with Gasteiger partial charge in [-0.2, -0.15) is 0 Å². The van der Waals surface area contributed by atoms with Crippen LogP contribution in [0.5, 0.6) is 0 Å². The number of amides is 1. The molecule has 0 radical (unpaired) electrons. The van der Waals surface area contributed by atoms with Crippen molar-refractivity contribution >= 4 is 29.2 Å². The third-order valence-electron chi connectivity index (χ3n) is 1.50. The first-order valence-corrected chi connectivity index (χ1v) is 4.42. The summed E-state index contributed by atoms with van der Waals surface area (Å²) in [6.07, 6.45) is 1.50. The standard InChI is InChI=1S/C10H8ClNO3/c11-7-3-1-2-4-8(7)12-9(13)5-6-10(14)15/h1-6H,(H,12,13)(H,14,15)/p-1/b6-5+. The van der Waals surface area contributed by atoms with Crippen molar-refractivity contribution in [3.63, 3.8) is 0 Å². The van der Waals surface area contributed by atoms with E-state index in [1.165, 1.54) is 0 Å². The smallest absolute Gasteiger partial charge is 0.248 e. The Kier molecular flexibility index (Phi) is 3.88. The summed E-state index contributed by atoms with van der Waals surface area (Å²) in [6.45, 7) is 0. The highest BCUT2D eigenvalue weighted by Crippen LogP contribution is 2.20. The molecule has 0 fully saturated rings. The van der Waals surface area contributed by atoms with Gasteiger partial charge in [0.15, 0.2) is 0 Å². The number of carboxylic acid groups (broad SMARTS) is 1. The van der Waals surface area contributed by atoms with Crippen molar-refractivity contribution in [3.05, 3.63) is 41.4 Å². The first-order valence-electron chi connectivity index (χ1n) is 4.04. The third-order valence-corrected chi connectivity index (χ3v) is 1.83. The minimum atomic E-state index is -1.43. The summed E-state index contributed by atoms with van der Waals surface area (Å²) in [5.41, 5.74) is 0.423. The number of halogens is 1. The second kappa shape index (κ2) is 5.17. The van der Waals surface area contributed by atoms with Gasteiger partial charge in [-0.3, -0.25) is 4.79 Å². The van der Waals surface area contributed by atoms with Gasteiger partial charge in [0.05, 0.1) is 16.7 Å². The third kappa shape index (κ3) is 3.83. The van der Waals surface area contributed by atoms with Crippen LogP contribution >= 0.6 is 11.6 Å². The van der Waals surface area contributed by atoms with Gasteiger partial charge in [-0.05, 0) is 18.2 Å². The number of aliphatic carboxylic acids is 1. The Bertz CT molecular complexity index is 415. The molecule has 0 spiro atoms. The van der Waals surface area contributed by atoms with Crippen molar-refractivity contribution < 1.29 is 14.7 Å². The average Bonchev–Trinajstić information content (AvgIpc) is 2.18. The molecule has 0 saturated heterocycles. The SMILES string of the molecule is O=C([O-])/C=C/C(=O)Nc1ccccc1Cl. The van der Waals surface area contributed by atoms with E-state index < -0.39 is 11.9 Å². The molecule has 0 unspecified atom stereocenters. The lowest BCUT2D eigenvalue weighted by molar-refractivity contribution is -0.297. The molecular weight excluding hydrogens is 218 g/mol. The van der Waals surface area contributed by atoms with E-state index in [4.69, 9.17) is 11.6 Å². The van der Waals surface area contributed by atoms with Crippen LogP contribution in [0.25, 0.3) is 0 Å². The van der Waals surface area contributed by atoms with E-state index in [1.807, 2.05) is 0 Å². The van der Waals surface area contributed by atoms with Crippen LogP contribution in [0.15, 0.2) is 36.4 Å². The van der Waals surface area contributed by atoms with Crippen LogP contribution in [-0.4, -0.2) is 11.9 Å². The number of nitrogens with one attached hydrogen (secondary N) is 1. The molecule has 1 aromatic carbocycles. The second-order valence-electron chi connectivity index (χ2n) is 2.62. The van der Waals surface area contributed by atoms with E-state index >= 15 is 0 Å². The van der Waals surface area contributed by atoms with Gasteiger partial charge in [-0.15, -0.1) is 0 Å². The van der Waals surface area contributed by atoms with Crippen molar-refractivity contribution in [3.8, 4) is 0 Å². The molecule has 0 aliphatic rings. The number of carbonyl (C=O) groups is 2. The van der Waals surface area contributed by atoms with Crippen LogP contribution in [0.4, 0.5) is 5.69 Å². The fraction of sp³-hybridized carbons (Fsp3) is 0. The largest absolute Gasteiger partial charge is 0.545 e. The van der Waals surface area contributed by atoms with Gasteiger partial charge < -0.3 is 15.2 Å². The van der Waals surface area contributed by atoms with Crippen molar-refractivity contribution in [2.45, 2.75) is 0 Å². The van der Waals surface area contributed by atoms with Crippen molar-refractivity contribution in [2.75, 3.05) is 5.32 Å². The summed E-state index contributed by atoms with van der Waals surface area (Å²) >= 11 is 5.76. The molecule has 0 bridgehead atoms. The first-order chi connectivity index (χ1) is 7.09. The number of para-hydroxylation sites is 1. The molecule has 1 aromatic rings. The van der Waals surface area contributed by atoms with Gasteiger partial charge in [0, 0.05) is 6.08 Å². The summed E-state index contributed by atoms with van der Waals surface area (Å²) in [4.78, 5) is 21.1. The molecule has 1 amide bonds. The number of hydrogen-bond donors (Lipinski definition) is 1. The Hall–Kier alpha value is -1.81. The first kappa shape index (κ1) is 11.3. The Labute approximate surface area is 91.2 Å². The van der Waals surface area contributed by atoms with Crippen LogP contribution in [0, 0.1) is 0 Å². The van der Waals surface area contributed by atoms with E-state index in [-0.39, 0.29) is 0 Å². The van der Waals surface area contributed by atoms with Crippen molar-refractivity contribution in [1.29, 1.82) is 0 Å². The van der Waals surface area contributed by atoms with E-state index in [2.05, 4.69) is 5.32 Å². The Balaban J connectivity index is 2.67. The van der Waals surface area contributed by atoms with Gasteiger partial charge in [0.2, 0.25) is 5.91 Å². The molecule has 0 saturated carbocycles. The van der Waals surface area contributed by atoms with Gasteiger partial charge in [0.1, 0.15) is 0 Å². The lowest BCUT2D eigenvalue weighted by Gasteiger charge is -2.03. The average molecular weight is 225 g/mol. The van der Waals surface area contributed by atoms with E-state index in [0.29, 0.717) is 16.8 Å². The maximum absolute atomic E-state index is 11.1. The number of benzene rings is 1. The van der Waals surface area contributed by atoms with Gasteiger partial charge in [-0.1, -0.05) is 23.7 Å². The molecule has 0 aliphatic carbocycles. The Morgan fingerprint density at radius 1 is 1.27 bits per heavy atom. The van der Waals surface area contributed by atoms with E-state index in [9.17, 15) is 14.7 Å². The summed E-state index contributed by atoms with van der Waals surface area (Å²) in [7, 11) is 0. The normalized spacial score (nSPS) is 10.2. The highest BCUT2D eigenvalue weighted by atomic mass is 35.5. The maximum Gasteiger partial charge on any atom is 0.248 e. The highest BCUT2D eigenvalue weighted by Gasteiger charge is 2.00. The predicted octanol–water partition coefficient (Wildman–Crippen LogP) is 0.585. The predicted molar refractivity (Wildman–Crippen MR) is 54.2 cm³/mol. The van der Waals surface area contributed by atoms with Crippen molar-refractivity contribution in [2.24, 2.45) is 0 Å². The number of hydrogen-bond acceptors (Lipinski definition) is 3. The summed E-state index contributed by atoms with van der Waals surface area (Å²) in [5.74, 6) is -2.00. The monoisotopic (exact) mass is 224 g/mol. The summed E-state index contributed by atoms with van der Waals surface area (Å²) in [6, 6.07) is 6.63. The van der Waals surface area contributed by atoms with Crippen LogP contribution in [0.1, 0.15) is 0 Å². The molecule has 4 nitrogen and oxygen atoms in total. The maximum atomic E-state index is 11.1. The second-order valence-corrected chi connectivity index (χ2v) is 3.03. The molecular formula is C10H7ClNO3-. The quantitative estimate of drug-likeness (QED) is 0.764. The molecule has 0 aromatic heterocycles. The topological polar surface area (TPSA) is 69.2 Å². The van der Waals surface area contributed by atoms with Crippen LogP contribution in [0.2, 0.25) is 5.02 Å². The summed E-state index contributed by atoms with van der Waals surface area (Å²) in [5, 5.41) is 12.8. The zero-order valence-corrected chi connectivity index (χ0v) is 8.32. The van der Waals surface area contributed by atoms with Crippen LogP contribution in [-0.2, 0) is 9.59 Å². The van der Waals surface area contributed by atoms with Crippen molar-refractivity contribution in [1.82, 2.24) is 0 Å². The molecule has 15 heavy (non-hydrogen) atoms. The lowest BCUT2D eigenvalue weighted by atomic mass is 10.3. The zero-order chi connectivity index (χ0) is 11.3. The number of carboxylic acids is 1. The molecule has 78 valence electrons. The van der Waals surface area contributed by atoms with Gasteiger partial charge >= 0.3 is 0 Å². The molecule has 0 heterocycles. The van der Waals surface area contributed by atoms with Gasteiger partial charge in [0.25, 0.3) is 0 Å². The highest BCUT2D eigenvalue weighted by molar-refractivity contribution is 6.33. The number of rotatable bonds is 3. The molecule has 1 N–H and O–H groups in total. The lowest BCUT2D eigenvalue weighted by Crippen LogP contribution is -2.20. The minimum absolute atomic E-state index is 0.382. The van der Waals surface area contributed by atoms with Crippen LogP contribution in [0.3, 0.4) is 0 Å². The fourth-order valence-corrected chi connectivity index (χ4v) is 1.06. The van der Waals surface area contributed by atoms with E-state index in [1.54, 1.807) is 24.3 Å². The Morgan fingerprint density at radius 2 is 1.93 bits per heavy atom.